The number of hydrogen-bond donors (Lipinski definition) is 0. The Hall–Kier alpha value is -3.91. The van der Waals surface area contributed by atoms with E-state index in [1.165, 1.54) is 104 Å². The van der Waals surface area contributed by atoms with Crippen LogP contribution in [0.3, 0.4) is 0 Å². The van der Waals surface area contributed by atoms with Crippen LogP contribution in [0.1, 0.15) is 49.7 Å². The number of fused-ring (bicyclic) bond motifs is 5. The molecule has 0 N–H and O–H groups in total. The molecule has 0 amide bonds. The van der Waals surface area contributed by atoms with Crippen molar-refractivity contribution in [3.63, 3.8) is 0 Å². The highest BCUT2D eigenvalue weighted by molar-refractivity contribution is 6.27. The van der Waals surface area contributed by atoms with Crippen molar-refractivity contribution in [2.75, 3.05) is 0 Å². The van der Waals surface area contributed by atoms with E-state index >= 15 is 0 Å². The Balaban J connectivity index is 1.41. The molecule has 3 heterocycles. The summed E-state index contributed by atoms with van der Waals surface area (Å²) < 4.78 is 5.02. The number of hydrogen-bond acceptors (Lipinski definition) is 0. The summed E-state index contributed by atoms with van der Waals surface area (Å²) in [5, 5.41) is 6.95. The Bertz CT molecular complexity index is 2160. The van der Waals surface area contributed by atoms with E-state index in [9.17, 15) is 0 Å². The predicted octanol–water partition coefficient (Wildman–Crippen LogP) is 9.26. The Morgan fingerprint density at radius 1 is 0.732 bits per heavy atom. The first-order valence-corrected chi connectivity index (χ1v) is 15.7. The van der Waals surface area contributed by atoms with E-state index in [4.69, 9.17) is 0 Å². The summed E-state index contributed by atoms with van der Waals surface area (Å²) in [6.45, 7) is 2.29. The van der Waals surface area contributed by atoms with Gasteiger partial charge in [0.25, 0.3) is 0 Å². The van der Waals surface area contributed by atoms with Gasteiger partial charge in [0, 0.05) is 16.8 Å². The van der Waals surface area contributed by atoms with Gasteiger partial charge in [-0.1, -0.05) is 54.6 Å². The summed E-state index contributed by atoms with van der Waals surface area (Å²) >= 11 is 0. The second-order valence-corrected chi connectivity index (χ2v) is 14.0. The molecule has 4 bridgehead atoms. The summed E-state index contributed by atoms with van der Waals surface area (Å²) in [6, 6.07) is 30.3. The Morgan fingerprint density at radius 3 is 2.24 bits per heavy atom. The van der Waals surface area contributed by atoms with E-state index in [2.05, 4.69) is 108 Å². The van der Waals surface area contributed by atoms with Crippen molar-refractivity contribution in [1.82, 2.24) is 4.40 Å². The molecule has 200 valence electrons. The molecule has 3 aromatic heterocycles. The van der Waals surface area contributed by atoms with Gasteiger partial charge in [-0.05, 0) is 114 Å². The van der Waals surface area contributed by atoms with Crippen molar-refractivity contribution in [3.8, 4) is 11.1 Å². The summed E-state index contributed by atoms with van der Waals surface area (Å²) in [6.07, 6.45) is 10.9. The van der Waals surface area contributed by atoms with Crippen LogP contribution in [0.15, 0.2) is 85.1 Å². The van der Waals surface area contributed by atoms with E-state index in [1.54, 1.807) is 5.56 Å². The van der Waals surface area contributed by atoms with Gasteiger partial charge in [-0.3, -0.25) is 0 Å². The fourth-order valence-electron chi connectivity index (χ4n) is 10.4. The number of nitrogens with zero attached hydrogens (tertiary/aromatic N) is 2. The minimum absolute atomic E-state index is 0.363. The SMILES string of the molecule is Cc1ccc2c3c(-c4ccccc4)cccc3n3c4cc(C56CC7CC(CC(C7)C5)C6)cc5cc[n+](C)c(c1c23)c54. The summed E-state index contributed by atoms with van der Waals surface area (Å²) in [5.74, 6) is 2.81. The van der Waals surface area contributed by atoms with Crippen LogP contribution in [0.5, 0.6) is 0 Å². The average molecular weight is 532 g/mol. The fraction of sp³-hybridized carbons (Fsp3) is 0.308. The van der Waals surface area contributed by atoms with E-state index in [0.717, 1.165) is 17.8 Å². The molecule has 41 heavy (non-hydrogen) atoms. The van der Waals surface area contributed by atoms with Crippen molar-refractivity contribution in [2.24, 2.45) is 24.8 Å². The third-order valence-electron chi connectivity index (χ3n) is 11.6. The van der Waals surface area contributed by atoms with Gasteiger partial charge in [0.2, 0.25) is 5.52 Å². The van der Waals surface area contributed by atoms with Gasteiger partial charge in [-0.2, -0.15) is 0 Å². The van der Waals surface area contributed by atoms with Gasteiger partial charge in [-0.25, -0.2) is 4.57 Å². The monoisotopic (exact) mass is 531 g/mol. The van der Waals surface area contributed by atoms with E-state index in [0.29, 0.717) is 5.41 Å². The largest absolute Gasteiger partial charge is 0.307 e. The molecule has 2 nitrogen and oxygen atoms in total. The lowest BCUT2D eigenvalue weighted by Crippen LogP contribution is -2.48. The molecule has 4 aromatic carbocycles. The van der Waals surface area contributed by atoms with Gasteiger partial charge in [0.1, 0.15) is 7.05 Å². The van der Waals surface area contributed by atoms with Gasteiger partial charge in [0.05, 0.1) is 27.3 Å². The standard InChI is InChI=1S/C39H35N2/c1-23-11-12-31-36-30(27-7-4-3-5-8-27)9-6-10-32(36)41-33-19-29(39-20-24-15-25(21-39)17-26(16-24)22-39)18-28-13-14-40(2)38(35(28)33)34(23)37(31)41/h3-14,18-19,24-26H,15-17,20-22H2,1-2H3/q+1. The third kappa shape index (κ3) is 2.86. The molecule has 7 aromatic rings. The number of aromatic nitrogens is 2. The Morgan fingerprint density at radius 2 is 1.49 bits per heavy atom. The molecule has 4 fully saturated rings. The molecular weight excluding hydrogens is 496 g/mol. The molecular formula is C39H35N2+. The molecule has 4 aliphatic rings. The summed E-state index contributed by atoms with van der Waals surface area (Å²) in [4.78, 5) is 0. The van der Waals surface area contributed by atoms with Crippen LogP contribution in [0.25, 0.3) is 60.1 Å². The van der Waals surface area contributed by atoms with Crippen LogP contribution in [-0.4, -0.2) is 4.40 Å². The van der Waals surface area contributed by atoms with Crippen LogP contribution in [0, 0.1) is 24.7 Å². The zero-order chi connectivity index (χ0) is 27.0. The van der Waals surface area contributed by atoms with Gasteiger partial charge in [-0.15, -0.1) is 0 Å². The maximum absolute atomic E-state index is 2.65. The highest BCUT2D eigenvalue weighted by Crippen LogP contribution is 2.61. The van der Waals surface area contributed by atoms with Crippen LogP contribution in [0.4, 0.5) is 0 Å². The van der Waals surface area contributed by atoms with E-state index < -0.39 is 0 Å². The Kier molecular flexibility index (Phi) is 4.26. The summed E-state index contributed by atoms with van der Waals surface area (Å²) in [7, 11) is 2.23. The number of aryl methyl sites for hydroxylation is 2. The minimum Gasteiger partial charge on any atom is -0.307 e. The predicted molar refractivity (Wildman–Crippen MR) is 170 cm³/mol. The summed E-state index contributed by atoms with van der Waals surface area (Å²) in [5.41, 5.74) is 11.4. The smallest absolute Gasteiger partial charge is 0.224 e. The first-order valence-electron chi connectivity index (χ1n) is 15.7. The van der Waals surface area contributed by atoms with Crippen molar-refractivity contribution in [3.05, 3.63) is 96.2 Å². The second kappa shape index (κ2) is 7.68. The quantitative estimate of drug-likeness (QED) is 0.119. The minimum atomic E-state index is 0.363. The van der Waals surface area contributed by atoms with E-state index in [-0.39, 0.29) is 0 Å². The first kappa shape index (κ1) is 22.7. The Labute approximate surface area is 240 Å². The van der Waals surface area contributed by atoms with Crippen LogP contribution in [-0.2, 0) is 12.5 Å². The lowest BCUT2D eigenvalue weighted by molar-refractivity contribution is -0.643. The van der Waals surface area contributed by atoms with Gasteiger partial charge in [0.15, 0.2) is 6.20 Å². The molecule has 4 aliphatic carbocycles. The van der Waals surface area contributed by atoms with Gasteiger partial charge < -0.3 is 4.40 Å². The number of benzene rings is 4. The molecule has 2 heteroatoms. The highest BCUT2D eigenvalue weighted by atomic mass is 15.0. The van der Waals surface area contributed by atoms with Crippen molar-refractivity contribution >= 4 is 49.0 Å². The number of rotatable bonds is 2. The lowest BCUT2D eigenvalue weighted by Gasteiger charge is -2.57. The molecule has 0 spiro atoms. The molecule has 11 rings (SSSR count). The first-order chi connectivity index (χ1) is 20.1. The maximum atomic E-state index is 2.65. The lowest BCUT2D eigenvalue weighted by atomic mass is 9.48. The molecule has 0 unspecified atom stereocenters. The van der Waals surface area contributed by atoms with E-state index in [1.807, 2.05) is 0 Å². The third-order valence-corrected chi connectivity index (χ3v) is 11.6. The second-order valence-electron chi connectivity index (χ2n) is 14.0. The van der Waals surface area contributed by atoms with Crippen LogP contribution >= 0.6 is 0 Å². The van der Waals surface area contributed by atoms with Crippen molar-refractivity contribution in [1.29, 1.82) is 0 Å². The number of pyridine rings is 2. The molecule has 0 saturated heterocycles. The molecule has 0 atom stereocenters. The maximum Gasteiger partial charge on any atom is 0.224 e. The van der Waals surface area contributed by atoms with Crippen LogP contribution < -0.4 is 4.57 Å². The topological polar surface area (TPSA) is 8.29 Å². The van der Waals surface area contributed by atoms with Crippen molar-refractivity contribution < 1.29 is 4.57 Å². The molecule has 0 aliphatic heterocycles. The highest BCUT2D eigenvalue weighted by Gasteiger charge is 2.51. The zero-order valence-electron chi connectivity index (χ0n) is 24.0. The fourth-order valence-corrected chi connectivity index (χ4v) is 10.4. The molecule has 4 saturated carbocycles. The average Bonchev–Trinajstić information content (AvgIpc) is 3.32. The van der Waals surface area contributed by atoms with Crippen LogP contribution in [0.2, 0.25) is 0 Å². The van der Waals surface area contributed by atoms with Gasteiger partial charge >= 0.3 is 0 Å². The zero-order valence-corrected chi connectivity index (χ0v) is 24.0. The molecule has 0 radical (unpaired) electrons. The van der Waals surface area contributed by atoms with Crippen molar-refractivity contribution in [2.45, 2.75) is 50.9 Å². The normalized spacial score (nSPS) is 25.6.